The number of amides is 1. The van der Waals surface area contributed by atoms with E-state index in [1.807, 2.05) is 0 Å². The van der Waals surface area contributed by atoms with Crippen molar-refractivity contribution in [3.8, 4) is 0 Å². The molecule has 0 radical (unpaired) electrons. The first-order chi connectivity index (χ1) is 9.50. The molecular weight excluding hydrogens is 260 g/mol. The van der Waals surface area contributed by atoms with Gasteiger partial charge in [-0.25, -0.2) is 4.79 Å². The number of hydrogen-bond acceptors (Lipinski definition) is 4. The van der Waals surface area contributed by atoms with Crippen molar-refractivity contribution in [3.05, 3.63) is 0 Å². The number of carbonyl (C=O) groups excluding carboxylic acids is 1. The van der Waals surface area contributed by atoms with E-state index < -0.39 is 12.0 Å². The van der Waals surface area contributed by atoms with Gasteiger partial charge in [0.25, 0.3) is 0 Å². The maximum atomic E-state index is 12.0. The van der Waals surface area contributed by atoms with Gasteiger partial charge in [-0.3, -0.25) is 9.69 Å². The zero-order valence-electron chi connectivity index (χ0n) is 12.2. The third-order valence-corrected chi connectivity index (χ3v) is 4.23. The van der Waals surface area contributed by atoms with Gasteiger partial charge in [0, 0.05) is 18.6 Å². The van der Waals surface area contributed by atoms with Crippen LogP contribution in [-0.2, 0) is 14.3 Å². The molecule has 0 bridgehead atoms. The number of nitrogens with zero attached hydrogens (tertiary/aromatic N) is 2. The third-order valence-electron chi connectivity index (χ3n) is 4.23. The van der Waals surface area contributed by atoms with E-state index in [1.165, 1.54) is 11.3 Å². The Morgan fingerprint density at radius 1 is 1.45 bits per heavy atom. The highest BCUT2D eigenvalue weighted by Crippen LogP contribution is 2.22. The molecule has 114 valence electrons. The van der Waals surface area contributed by atoms with Crippen LogP contribution in [0.25, 0.3) is 0 Å². The van der Waals surface area contributed by atoms with E-state index >= 15 is 0 Å². The largest absolute Gasteiger partial charge is 0.480 e. The predicted molar refractivity (Wildman–Crippen MR) is 73.4 cm³/mol. The fourth-order valence-corrected chi connectivity index (χ4v) is 3.16. The second-order valence-electron chi connectivity index (χ2n) is 5.90. The number of morpholine rings is 1. The lowest BCUT2D eigenvalue weighted by molar-refractivity contribution is -0.164. The van der Waals surface area contributed by atoms with Crippen molar-refractivity contribution in [1.82, 2.24) is 9.80 Å². The van der Waals surface area contributed by atoms with E-state index in [0.29, 0.717) is 12.6 Å². The Balaban J connectivity index is 2.08. The maximum Gasteiger partial charge on any atom is 0.328 e. The third kappa shape index (κ3) is 3.30. The Hall–Kier alpha value is -1.14. The average molecular weight is 284 g/mol. The molecule has 0 saturated carbocycles. The summed E-state index contributed by atoms with van der Waals surface area (Å²) in [7, 11) is 0. The van der Waals surface area contributed by atoms with E-state index in [2.05, 4.69) is 18.7 Å². The molecule has 2 aliphatic heterocycles. The minimum absolute atomic E-state index is 0.00181. The highest BCUT2D eigenvalue weighted by atomic mass is 16.5. The second kappa shape index (κ2) is 6.54. The lowest BCUT2D eigenvalue weighted by Gasteiger charge is -2.43. The van der Waals surface area contributed by atoms with Gasteiger partial charge in [0.15, 0.2) is 6.04 Å². The Bertz CT molecular complexity index is 372. The van der Waals surface area contributed by atoms with Crippen LogP contribution in [0.15, 0.2) is 0 Å². The van der Waals surface area contributed by atoms with Crippen molar-refractivity contribution in [2.45, 2.75) is 51.2 Å². The molecule has 20 heavy (non-hydrogen) atoms. The molecule has 0 aliphatic carbocycles. The molecule has 6 heteroatoms. The van der Waals surface area contributed by atoms with Crippen molar-refractivity contribution >= 4 is 11.9 Å². The van der Waals surface area contributed by atoms with Crippen molar-refractivity contribution in [1.29, 1.82) is 0 Å². The number of ether oxygens (including phenoxy) is 1. The highest BCUT2D eigenvalue weighted by molar-refractivity contribution is 5.85. The Morgan fingerprint density at radius 3 is 2.85 bits per heavy atom. The fourth-order valence-electron chi connectivity index (χ4n) is 3.16. The smallest absolute Gasteiger partial charge is 0.328 e. The lowest BCUT2D eigenvalue weighted by atomic mass is 9.99. The van der Waals surface area contributed by atoms with Crippen LogP contribution in [0.5, 0.6) is 0 Å². The summed E-state index contributed by atoms with van der Waals surface area (Å²) in [5.41, 5.74) is 0. The van der Waals surface area contributed by atoms with Crippen LogP contribution in [0.3, 0.4) is 0 Å². The molecule has 0 aromatic heterocycles. The minimum Gasteiger partial charge on any atom is -0.480 e. The standard InChI is InChI=1S/C14H24N2O4/c1-10(2)15-6-4-3-5-11(15)7-16-12(14(18)19)8-20-9-13(16)17/h10-12H,3-9H2,1-2H3,(H,18,19). The van der Waals surface area contributed by atoms with Crippen molar-refractivity contribution in [2.24, 2.45) is 0 Å². The van der Waals surface area contributed by atoms with E-state index in [4.69, 9.17) is 4.74 Å². The SMILES string of the molecule is CC(C)N1CCCCC1CN1C(=O)COCC1C(=O)O. The fraction of sp³-hybridized carbons (Fsp3) is 0.857. The van der Waals surface area contributed by atoms with Crippen molar-refractivity contribution < 1.29 is 19.4 Å². The molecule has 2 aliphatic rings. The van der Waals surface area contributed by atoms with Gasteiger partial charge in [-0.05, 0) is 33.2 Å². The van der Waals surface area contributed by atoms with E-state index in [0.717, 1.165) is 19.4 Å². The molecular formula is C14H24N2O4. The number of aliphatic carboxylic acids is 1. The summed E-state index contributed by atoms with van der Waals surface area (Å²) in [4.78, 5) is 27.1. The molecule has 2 heterocycles. The average Bonchev–Trinajstić information content (AvgIpc) is 2.41. The van der Waals surface area contributed by atoms with Gasteiger partial charge in [0.2, 0.25) is 5.91 Å². The molecule has 2 atom stereocenters. The van der Waals surface area contributed by atoms with Gasteiger partial charge >= 0.3 is 5.97 Å². The van der Waals surface area contributed by atoms with Crippen LogP contribution in [0.1, 0.15) is 33.1 Å². The lowest BCUT2D eigenvalue weighted by Crippen LogP contribution is -2.58. The molecule has 2 unspecified atom stereocenters. The summed E-state index contributed by atoms with van der Waals surface area (Å²) in [6.07, 6.45) is 3.34. The Morgan fingerprint density at radius 2 is 2.20 bits per heavy atom. The zero-order chi connectivity index (χ0) is 14.7. The van der Waals surface area contributed by atoms with Crippen LogP contribution in [0, 0.1) is 0 Å². The van der Waals surface area contributed by atoms with Gasteiger partial charge in [0.1, 0.15) is 6.61 Å². The van der Waals surface area contributed by atoms with Gasteiger partial charge in [-0.1, -0.05) is 6.42 Å². The van der Waals surface area contributed by atoms with E-state index in [9.17, 15) is 14.7 Å². The van der Waals surface area contributed by atoms with E-state index in [1.54, 1.807) is 0 Å². The first-order valence-corrected chi connectivity index (χ1v) is 7.36. The van der Waals surface area contributed by atoms with Crippen LogP contribution >= 0.6 is 0 Å². The quantitative estimate of drug-likeness (QED) is 0.817. The second-order valence-corrected chi connectivity index (χ2v) is 5.90. The Kier molecular flexibility index (Phi) is 4.99. The van der Waals surface area contributed by atoms with Gasteiger partial charge in [0.05, 0.1) is 6.61 Å². The topological polar surface area (TPSA) is 70.1 Å². The number of rotatable bonds is 4. The highest BCUT2D eigenvalue weighted by Gasteiger charge is 2.37. The summed E-state index contributed by atoms with van der Waals surface area (Å²) in [5.74, 6) is -1.19. The van der Waals surface area contributed by atoms with Crippen LogP contribution in [-0.4, -0.2) is 71.2 Å². The maximum absolute atomic E-state index is 12.0. The number of piperidine rings is 1. The molecule has 0 aromatic carbocycles. The minimum atomic E-state index is -0.982. The summed E-state index contributed by atoms with van der Waals surface area (Å²) in [6.45, 7) is 5.91. The van der Waals surface area contributed by atoms with Gasteiger partial charge < -0.3 is 14.7 Å². The monoisotopic (exact) mass is 284 g/mol. The normalized spacial score (nSPS) is 28.9. The molecule has 0 spiro atoms. The number of carboxylic acid groups (broad SMARTS) is 1. The molecule has 0 aromatic rings. The number of likely N-dealkylation sites (tertiary alicyclic amines) is 1. The summed E-state index contributed by atoms with van der Waals surface area (Å²) < 4.78 is 5.06. The summed E-state index contributed by atoms with van der Waals surface area (Å²) in [5, 5.41) is 9.24. The first-order valence-electron chi connectivity index (χ1n) is 7.36. The molecule has 2 saturated heterocycles. The van der Waals surface area contributed by atoms with Crippen molar-refractivity contribution in [3.63, 3.8) is 0 Å². The summed E-state index contributed by atoms with van der Waals surface area (Å²) >= 11 is 0. The molecule has 6 nitrogen and oxygen atoms in total. The predicted octanol–water partition coefficient (Wildman–Crippen LogP) is 0.561. The van der Waals surface area contributed by atoms with E-state index in [-0.39, 0.29) is 25.2 Å². The van der Waals surface area contributed by atoms with Gasteiger partial charge in [-0.15, -0.1) is 0 Å². The van der Waals surface area contributed by atoms with Crippen LogP contribution in [0.2, 0.25) is 0 Å². The zero-order valence-corrected chi connectivity index (χ0v) is 12.2. The molecule has 2 rings (SSSR count). The number of carbonyl (C=O) groups is 2. The molecule has 2 fully saturated rings. The van der Waals surface area contributed by atoms with Crippen LogP contribution < -0.4 is 0 Å². The molecule has 1 N–H and O–H groups in total. The number of carboxylic acids is 1. The van der Waals surface area contributed by atoms with Crippen LogP contribution in [0.4, 0.5) is 0 Å². The molecule has 1 amide bonds. The number of hydrogen-bond donors (Lipinski definition) is 1. The van der Waals surface area contributed by atoms with Crippen molar-refractivity contribution in [2.75, 3.05) is 26.3 Å². The summed E-state index contributed by atoms with van der Waals surface area (Å²) in [6, 6.07) is -0.167. The Labute approximate surface area is 119 Å². The first kappa shape index (κ1) is 15.3. The van der Waals surface area contributed by atoms with Gasteiger partial charge in [-0.2, -0.15) is 0 Å².